The van der Waals surface area contributed by atoms with Crippen molar-refractivity contribution in [3.8, 4) is 5.75 Å². The zero-order valence-corrected chi connectivity index (χ0v) is 8.05. The zero-order valence-electron chi connectivity index (χ0n) is 8.05. The summed E-state index contributed by atoms with van der Waals surface area (Å²) in [6.07, 6.45) is 5.47. The maximum atomic E-state index is 5.08. The first-order valence-electron chi connectivity index (χ1n) is 4.96. The number of hydrogen-bond acceptors (Lipinski definition) is 1. The third-order valence-corrected chi connectivity index (χ3v) is 2.85. The van der Waals surface area contributed by atoms with Crippen LogP contribution in [0.4, 0.5) is 0 Å². The van der Waals surface area contributed by atoms with Gasteiger partial charge in [0.15, 0.2) is 0 Å². The molecule has 0 aliphatic heterocycles. The van der Waals surface area contributed by atoms with E-state index >= 15 is 0 Å². The predicted octanol–water partition coefficient (Wildman–Crippen LogP) is 3.15. The van der Waals surface area contributed by atoms with Crippen molar-refractivity contribution in [3.05, 3.63) is 29.8 Å². The van der Waals surface area contributed by atoms with Crippen molar-refractivity contribution in [1.82, 2.24) is 0 Å². The Balaban J connectivity index is 2.12. The first kappa shape index (κ1) is 8.61. The highest BCUT2D eigenvalue weighted by Gasteiger charge is 2.16. The second-order valence-electron chi connectivity index (χ2n) is 3.67. The van der Waals surface area contributed by atoms with Gasteiger partial charge < -0.3 is 4.74 Å². The van der Waals surface area contributed by atoms with Crippen LogP contribution in [-0.2, 0) is 0 Å². The minimum absolute atomic E-state index is 0.780. The molecule has 1 aliphatic rings. The molecule has 0 atom stereocenters. The van der Waals surface area contributed by atoms with E-state index in [1.54, 1.807) is 7.11 Å². The molecule has 1 radical (unpaired) electrons. The van der Waals surface area contributed by atoms with E-state index in [0.717, 1.165) is 11.7 Å². The summed E-state index contributed by atoms with van der Waals surface area (Å²) in [7, 11) is 1.68. The van der Waals surface area contributed by atoms with Gasteiger partial charge in [-0.3, -0.25) is 0 Å². The molecule has 2 rings (SSSR count). The van der Waals surface area contributed by atoms with Gasteiger partial charge in [-0.05, 0) is 36.5 Å². The summed E-state index contributed by atoms with van der Waals surface area (Å²) in [5, 5.41) is 0. The number of benzene rings is 1. The van der Waals surface area contributed by atoms with Gasteiger partial charge in [0.2, 0.25) is 0 Å². The average molecular weight is 175 g/mol. The normalized spacial score (nSPS) is 17.6. The van der Waals surface area contributed by atoms with Gasteiger partial charge in [-0.2, -0.15) is 0 Å². The molecule has 0 heterocycles. The number of ether oxygens (including phenoxy) is 1. The van der Waals surface area contributed by atoms with Crippen molar-refractivity contribution in [2.24, 2.45) is 0 Å². The smallest absolute Gasteiger partial charge is 0.126 e. The zero-order chi connectivity index (χ0) is 9.10. The summed E-state index contributed by atoms with van der Waals surface area (Å²) in [6, 6.07) is 9.40. The molecule has 0 N–H and O–H groups in total. The van der Waals surface area contributed by atoms with Crippen LogP contribution >= 0.6 is 0 Å². The summed E-state index contributed by atoms with van der Waals surface area (Å²) >= 11 is 0. The Hall–Kier alpha value is -0.980. The van der Waals surface area contributed by atoms with Crippen molar-refractivity contribution in [2.45, 2.75) is 31.6 Å². The highest BCUT2D eigenvalue weighted by Crippen LogP contribution is 2.34. The lowest BCUT2D eigenvalue weighted by Gasteiger charge is -2.09. The molecule has 0 bridgehead atoms. The van der Waals surface area contributed by atoms with Crippen LogP contribution in [-0.4, -0.2) is 7.11 Å². The maximum Gasteiger partial charge on any atom is 0.126 e. The second-order valence-corrected chi connectivity index (χ2v) is 3.67. The molecular formula is C12H15O. The minimum atomic E-state index is 0.780. The van der Waals surface area contributed by atoms with Gasteiger partial charge in [-0.25, -0.2) is 0 Å². The Labute approximate surface area is 79.7 Å². The Bertz CT molecular complexity index is 257. The van der Waals surface area contributed by atoms with Gasteiger partial charge >= 0.3 is 0 Å². The fraction of sp³-hybridized carbons (Fsp3) is 0.500. The van der Waals surface area contributed by atoms with Gasteiger partial charge in [0.05, 0.1) is 7.11 Å². The van der Waals surface area contributed by atoms with Gasteiger partial charge in [0.1, 0.15) is 5.75 Å². The van der Waals surface area contributed by atoms with E-state index in [9.17, 15) is 0 Å². The van der Waals surface area contributed by atoms with Crippen LogP contribution in [0.15, 0.2) is 18.2 Å². The molecule has 0 aromatic heterocycles. The molecule has 1 nitrogen and oxygen atoms in total. The van der Waals surface area contributed by atoms with E-state index in [1.807, 2.05) is 6.07 Å². The summed E-state index contributed by atoms with van der Waals surface area (Å²) in [4.78, 5) is 0. The summed E-state index contributed by atoms with van der Waals surface area (Å²) < 4.78 is 5.08. The Morgan fingerprint density at radius 3 is 2.62 bits per heavy atom. The molecule has 0 spiro atoms. The first-order chi connectivity index (χ1) is 6.40. The molecule has 0 unspecified atom stereocenters. The van der Waals surface area contributed by atoms with Crippen molar-refractivity contribution in [3.63, 3.8) is 0 Å². The molecule has 1 saturated carbocycles. The largest absolute Gasteiger partial charge is 0.496 e. The lowest BCUT2D eigenvalue weighted by atomic mass is 9.98. The van der Waals surface area contributed by atoms with Crippen LogP contribution in [0.5, 0.6) is 5.75 Å². The van der Waals surface area contributed by atoms with Crippen molar-refractivity contribution >= 4 is 0 Å². The quantitative estimate of drug-likeness (QED) is 0.671. The standard InChI is InChI=1S/C12H15O/c1-13-12-8-6-11(7-9-12)10-4-2-3-5-10/h6-8,10H,2-5H2,1H3. The predicted molar refractivity (Wildman–Crippen MR) is 53.0 cm³/mol. The van der Waals surface area contributed by atoms with Crippen LogP contribution in [0.3, 0.4) is 0 Å². The Morgan fingerprint density at radius 1 is 1.31 bits per heavy atom. The SMILES string of the molecule is COc1[c]cc(C2CCCC2)cc1. The summed E-state index contributed by atoms with van der Waals surface area (Å²) in [5.41, 5.74) is 1.43. The molecule has 1 aromatic carbocycles. The van der Waals surface area contributed by atoms with Gasteiger partial charge in [0, 0.05) is 6.07 Å². The third-order valence-electron chi connectivity index (χ3n) is 2.85. The van der Waals surface area contributed by atoms with E-state index < -0.39 is 0 Å². The molecule has 0 saturated heterocycles. The topological polar surface area (TPSA) is 9.23 Å². The molecule has 69 valence electrons. The average Bonchev–Trinajstić information content (AvgIpc) is 2.71. The van der Waals surface area contributed by atoms with Gasteiger partial charge in [-0.15, -0.1) is 0 Å². The van der Waals surface area contributed by atoms with Crippen molar-refractivity contribution in [2.75, 3.05) is 7.11 Å². The van der Waals surface area contributed by atoms with Crippen LogP contribution in [0.25, 0.3) is 0 Å². The molecular weight excluding hydrogens is 160 g/mol. The first-order valence-corrected chi connectivity index (χ1v) is 4.96. The van der Waals surface area contributed by atoms with Gasteiger partial charge in [0.25, 0.3) is 0 Å². The van der Waals surface area contributed by atoms with Gasteiger partial charge in [-0.1, -0.05) is 18.9 Å². The fourth-order valence-corrected chi connectivity index (χ4v) is 2.06. The lowest BCUT2D eigenvalue weighted by molar-refractivity contribution is 0.413. The van der Waals surface area contributed by atoms with Crippen LogP contribution < -0.4 is 4.74 Å². The third kappa shape index (κ3) is 1.85. The monoisotopic (exact) mass is 175 g/mol. The minimum Gasteiger partial charge on any atom is -0.496 e. The summed E-state index contributed by atoms with van der Waals surface area (Å²) in [6.45, 7) is 0. The second kappa shape index (κ2) is 3.82. The maximum absolute atomic E-state index is 5.08. The number of rotatable bonds is 2. The van der Waals surface area contributed by atoms with E-state index in [4.69, 9.17) is 4.74 Å². The molecule has 1 heteroatoms. The van der Waals surface area contributed by atoms with Crippen LogP contribution in [0, 0.1) is 6.07 Å². The van der Waals surface area contributed by atoms with E-state index in [0.29, 0.717) is 0 Å². The highest BCUT2D eigenvalue weighted by atomic mass is 16.5. The fourth-order valence-electron chi connectivity index (χ4n) is 2.06. The van der Waals surface area contributed by atoms with Crippen LogP contribution in [0.2, 0.25) is 0 Å². The number of methoxy groups -OCH3 is 1. The summed E-state index contributed by atoms with van der Waals surface area (Å²) in [5.74, 6) is 1.61. The molecule has 1 aliphatic carbocycles. The molecule has 13 heavy (non-hydrogen) atoms. The van der Waals surface area contributed by atoms with Crippen molar-refractivity contribution < 1.29 is 4.74 Å². The Kier molecular flexibility index (Phi) is 2.53. The number of hydrogen-bond donors (Lipinski definition) is 0. The van der Waals surface area contributed by atoms with E-state index in [2.05, 4.69) is 18.2 Å². The molecule has 0 amide bonds. The Morgan fingerprint density at radius 2 is 2.08 bits per heavy atom. The molecule has 1 aromatic rings. The van der Waals surface area contributed by atoms with Crippen LogP contribution in [0.1, 0.15) is 37.2 Å². The lowest BCUT2D eigenvalue weighted by Crippen LogP contribution is -1.92. The molecule has 1 fully saturated rings. The van der Waals surface area contributed by atoms with Crippen molar-refractivity contribution in [1.29, 1.82) is 0 Å². The highest BCUT2D eigenvalue weighted by molar-refractivity contribution is 5.28. The van der Waals surface area contributed by atoms with E-state index in [1.165, 1.54) is 31.2 Å². The van der Waals surface area contributed by atoms with E-state index in [-0.39, 0.29) is 0 Å².